The fraction of sp³-hybridized carbons (Fsp3) is 0. The molecule has 9 nitrogen and oxygen atoms in total. The van der Waals surface area contributed by atoms with E-state index in [1.807, 2.05) is 14.7 Å². The Labute approximate surface area is 49.2 Å². The summed E-state index contributed by atoms with van der Waals surface area (Å²) in [4.78, 5) is 6.00. The van der Waals surface area contributed by atoms with Gasteiger partial charge in [-0.1, -0.05) is 0 Å². The number of nitrogens with zero attached hydrogens (tertiary/aromatic N) is 3. The molecule has 9 heavy (non-hydrogen) atoms. The van der Waals surface area contributed by atoms with Gasteiger partial charge in [-0.05, 0) is 0 Å². The molecule has 0 unspecified atom stereocenters. The van der Waals surface area contributed by atoms with Gasteiger partial charge in [0.2, 0.25) is 14.7 Å². The lowest BCUT2D eigenvalue weighted by atomic mass is 13.0. The van der Waals surface area contributed by atoms with E-state index >= 15 is 0 Å². The van der Waals surface area contributed by atoms with E-state index in [4.69, 9.17) is 33.2 Å². The van der Waals surface area contributed by atoms with E-state index in [-0.39, 0.29) is 0 Å². The summed E-state index contributed by atoms with van der Waals surface area (Å²) < 4.78 is 0. The highest BCUT2D eigenvalue weighted by Crippen LogP contribution is 0.847. The van der Waals surface area contributed by atoms with Gasteiger partial charge in [-0.25, -0.2) is 0 Å². The van der Waals surface area contributed by atoms with E-state index in [0.29, 0.717) is 0 Å². The minimum atomic E-state index is 2.00. The van der Waals surface area contributed by atoms with Gasteiger partial charge in [0.15, 0.2) is 0 Å². The molecule has 48 valence electrons. The summed E-state index contributed by atoms with van der Waals surface area (Å²) in [6, 6.07) is 0. The van der Waals surface area contributed by atoms with Crippen LogP contribution in [0.3, 0.4) is 0 Å². The first-order chi connectivity index (χ1) is 4.24. The Morgan fingerprint density at radius 3 is 0.444 bits per heavy atom. The lowest BCUT2D eigenvalue weighted by molar-refractivity contribution is 0.928. The Morgan fingerprint density at radius 2 is 0.444 bits per heavy atom. The van der Waals surface area contributed by atoms with Crippen molar-refractivity contribution in [2.75, 3.05) is 0 Å². The highest BCUT2D eigenvalue weighted by Gasteiger charge is 1.16. The molecule has 0 spiro atoms. The Morgan fingerprint density at radius 1 is 0.444 bits per heavy atom. The Balaban J connectivity index is -0.0000000600. The van der Waals surface area contributed by atoms with Crippen molar-refractivity contribution in [3.05, 3.63) is 0 Å². The monoisotopic (exact) mass is 132 g/mol. The van der Waals surface area contributed by atoms with Crippen LogP contribution in [0.4, 0.5) is 0 Å². The van der Waals surface area contributed by atoms with Crippen molar-refractivity contribution in [1.29, 1.82) is 33.2 Å². The third-order valence-electron chi connectivity index (χ3n) is 0. The number of rotatable bonds is 0. The molecular weight excluding hydrogens is 126 g/mol. The first kappa shape index (κ1) is 15.8. The van der Waals surface area contributed by atoms with Crippen molar-refractivity contribution in [2.45, 2.75) is 0 Å². The van der Waals surface area contributed by atoms with Crippen LogP contribution in [0.1, 0.15) is 0 Å². The summed E-state index contributed by atoms with van der Waals surface area (Å²) in [5, 5.41) is 0. The standard InChI is InChI=1S/3H2N3/c3*1-3-2/h3*1-2H/q3*+1. The summed E-state index contributed by atoms with van der Waals surface area (Å²) >= 11 is 0. The van der Waals surface area contributed by atoms with Crippen molar-refractivity contribution in [3.8, 4) is 0 Å². The molecule has 0 aliphatic carbocycles. The highest BCUT2D eigenvalue weighted by atomic mass is 15.0. The van der Waals surface area contributed by atoms with Crippen molar-refractivity contribution in [1.82, 2.24) is 14.7 Å². The van der Waals surface area contributed by atoms with Gasteiger partial charge in [0.25, 0.3) is 0 Å². The molecule has 0 saturated carbocycles. The number of nitrogens with one attached hydrogen (secondary N) is 6. The van der Waals surface area contributed by atoms with Crippen LogP contribution >= 0.6 is 0 Å². The molecule has 0 radical (unpaired) electrons. The fourth-order valence-corrected chi connectivity index (χ4v) is 0. The summed E-state index contributed by atoms with van der Waals surface area (Å²) in [6.07, 6.45) is 0. The largest absolute Gasteiger partial charge is 0.211 e. The lowest BCUT2D eigenvalue weighted by Gasteiger charge is -0.844. The molecule has 0 saturated heterocycles. The van der Waals surface area contributed by atoms with E-state index < -0.39 is 0 Å². The van der Waals surface area contributed by atoms with Gasteiger partial charge < -0.3 is 0 Å². The summed E-state index contributed by atoms with van der Waals surface area (Å²) in [6.45, 7) is 0. The Bertz CT molecular complexity index is 91.6. The molecule has 0 heterocycles. The molecule has 0 bridgehead atoms. The number of hydrogen-bond donors (Lipinski definition) is 6. The van der Waals surface area contributed by atoms with Gasteiger partial charge >= 0.3 is 0 Å². The predicted molar refractivity (Wildman–Crippen MR) is 22.7 cm³/mol. The summed E-state index contributed by atoms with van der Waals surface area (Å²) in [7, 11) is 0. The van der Waals surface area contributed by atoms with Crippen molar-refractivity contribution in [3.63, 3.8) is 0 Å². The van der Waals surface area contributed by atoms with Crippen molar-refractivity contribution in [2.24, 2.45) is 0 Å². The minimum absolute atomic E-state index is 2.00. The molecule has 9 heteroatoms. The van der Waals surface area contributed by atoms with Crippen LogP contribution in [0.5, 0.6) is 0 Å². The van der Waals surface area contributed by atoms with E-state index in [1.54, 1.807) is 0 Å². The van der Waals surface area contributed by atoms with Gasteiger partial charge in [0.05, 0.1) is 0 Å². The zero-order valence-electron chi connectivity index (χ0n) is 4.34. The maximum atomic E-state index is 5.50. The van der Waals surface area contributed by atoms with Crippen molar-refractivity contribution < 1.29 is 0 Å². The maximum absolute atomic E-state index is 5.50. The molecule has 0 rings (SSSR count). The van der Waals surface area contributed by atoms with Crippen LogP contribution in [0.25, 0.3) is 0 Å². The molecule has 0 aromatic heterocycles. The average molecular weight is 132 g/mol. The molecule has 0 amide bonds. The molecular formula is H6N9+3. The third kappa shape index (κ3) is 21.4. The second kappa shape index (κ2) is 167. The second-order valence-corrected chi connectivity index (χ2v) is 0.335. The SMILES string of the molecule is N=[N+]=N.N=[N+]=N.N=[N+]=N. The van der Waals surface area contributed by atoms with Crippen LogP contribution < -0.4 is 14.7 Å². The minimum Gasteiger partial charge on any atom is 0.103 e. The Hall–Kier alpha value is -2.07. The maximum Gasteiger partial charge on any atom is 0.211 e. The molecule has 0 fully saturated rings. The van der Waals surface area contributed by atoms with E-state index in [9.17, 15) is 0 Å². The second-order valence-electron chi connectivity index (χ2n) is 0.335. The number of hydrogen-bond acceptors (Lipinski definition) is 6. The molecule has 0 aliphatic rings. The van der Waals surface area contributed by atoms with E-state index in [0.717, 1.165) is 0 Å². The highest BCUT2D eigenvalue weighted by molar-refractivity contribution is 2.97. The van der Waals surface area contributed by atoms with Gasteiger partial charge in [0, 0.05) is 0 Å². The quantitative estimate of drug-likeness (QED) is 0.196. The molecule has 0 aromatic rings. The smallest absolute Gasteiger partial charge is 0.103 e. The average Bonchev–Trinajstić information content (AvgIpc) is 1.70. The predicted octanol–water partition coefficient (Wildman–Crippen LogP) is 0.347. The van der Waals surface area contributed by atoms with E-state index in [2.05, 4.69) is 0 Å². The first-order valence-electron chi connectivity index (χ1n) is 1.34. The van der Waals surface area contributed by atoms with Crippen LogP contribution in [0, 0.1) is 33.2 Å². The van der Waals surface area contributed by atoms with Crippen LogP contribution in [0.2, 0.25) is 0 Å². The molecule has 0 aromatic carbocycles. The molecule has 0 atom stereocenters. The van der Waals surface area contributed by atoms with Crippen molar-refractivity contribution >= 4 is 0 Å². The van der Waals surface area contributed by atoms with Gasteiger partial charge in [0.1, 0.15) is 33.2 Å². The zero-order chi connectivity index (χ0) is 8.12. The van der Waals surface area contributed by atoms with Crippen LogP contribution in [-0.2, 0) is 0 Å². The first-order valence-corrected chi connectivity index (χ1v) is 1.34. The molecule has 6 N–H and O–H groups in total. The zero-order valence-corrected chi connectivity index (χ0v) is 4.34. The van der Waals surface area contributed by atoms with Crippen LogP contribution in [-0.4, -0.2) is 0 Å². The van der Waals surface area contributed by atoms with Gasteiger partial charge in [-0.15, -0.1) is 0 Å². The summed E-state index contributed by atoms with van der Waals surface area (Å²) in [5.41, 5.74) is 33.0. The third-order valence-corrected chi connectivity index (χ3v) is 0. The lowest BCUT2D eigenvalue weighted by Crippen LogP contribution is -1.24. The topological polar surface area (TPSA) is 185 Å². The fourth-order valence-electron chi connectivity index (χ4n) is 0. The Kier molecular flexibility index (Phi) is 292. The van der Waals surface area contributed by atoms with Gasteiger partial charge in [-0.2, -0.15) is 0 Å². The van der Waals surface area contributed by atoms with Crippen LogP contribution in [0.15, 0.2) is 0 Å². The summed E-state index contributed by atoms with van der Waals surface area (Å²) in [5.74, 6) is 0. The van der Waals surface area contributed by atoms with Gasteiger partial charge in [-0.3, -0.25) is 0 Å². The molecule has 0 aliphatic heterocycles. The normalized spacial score (nSPS) is 2.67. The van der Waals surface area contributed by atoms with E-state index in [1.165, 1.54) is 0 Å².